The molecule has 0 radical (unpaired) electrons. The van der Waals surface area contributed by atoms with E-state index in [1.54, 1.807) is 38.1 Å². The van der Waals surface area contributed by atoms with Crippen LogP contribution in [0.3, 0.4) is 0 Å². The fraction of sp³-hybridized carbons (Fsp3) is 0.280. The van der Waals surface area contributed by atoms with Crippen molar-refractivity contribution in [3.63, 3.8) is 0 Å². The van der Waals surface area contributed by atoms with E-state index in [9.17, 15) is 4.79 Å². The molecule has 0 saturated carbocycles. The lowest BCUT2D eigenvalue weighted by Crippen LogP contribution is -2.25. The second-order valence-electron chi connectivity index (χ2n) is 6.83. The molecule has 0 bridgehead atoms. The van der Waals surface area contributed by atoms with E-state index in [4.69, 9.17) is 25.1 Å². The molecule has 0 aliphatic carbocycles. The number of hydrogen-bond acceptors (Lipinski definition) is 6. The van der Waals surface area contributed by atoms with Gasteiger partial charge in [0.1, 0.15) is 17.3 Å². The van der Waals surface area contributed by atoms with Crippen LogP contribution < -0.4 is 9.47 Å². The first-order chi connectivity index (χ1) is 15.0. The number of esters is 1. The van der Waals surface area contributed by atoms with Crippen LogP contribution in [0.15, 0.2) is 52.9 Å². The molecule has 0 spiro atoms. The molecule has 0 fully saturated rings. The Morgan fingerprint density at radius 1 is 1.19 bits per heavy atom. The van der Waals surface area contributed by atoms with E-state index in [0.717, 1.165) is 22.6 Å². The van der Waals surface area contributed by atoms with Crippen LogP contribution in [0.2, 0.25) is 0 Å². The minimum Gasteiger partial charge on any atom is -0.493 e. The molecule has 160 valence electrons. The van der Waals surface area contributed by atoms with Crippen molar-refractivity contribution in [2.24, 2.45) is 0 Å². The molecule has 0 aliphatic heterocycles. The summed E-state index contributed by atoms with van der Waals surface area (Å²) in [5, 5.41) is 0. The first-order valence-corrected chi connectivity index (χ1v) is 10.1. The number of oxazole rings is 1. The van der Waals surface area contributed by atoms with Gasteiger partial charge in [-0.25, -0.2) is 9.78 Å². The van der Waals surface area contributed by atoms with Crippen LogP contribution in [0.1, 0.15) is 30.9 Å². The average molecular weight is 419 g/mol. The minimum atomic E-state index is -0.669. The molecule has 2 aromatic carbocycles. The van der Waals surface area contributed by atoms with E-state index in [-0.39, 0.29) is 0 Å². The molecule has 0 N–H and O–H groups in total. The number of ether oxygens (including phenoxy) is 3. The lowest BCUT2D eigenvalue weighted by Gasteiger charge is -2.13. The number of aromatic nitrogens is 1. The first kappa shape index (κ1) is 22.0. The number of terminal acetylenes is 1. The Hall–Kier alpha value is -3.72. The summed E-state index contributed by atoms with van der Waals surface area (Å²) in [6, 6.07) is 14.6. The van der Waals surface area contributed by atoms with Gasteiger partial charge in [-0.1, -0.05) is 12.0 Å². The van der Waals surface area contributed by atoms with Gasteiger partial charge in [0.15, 0.2) is 6.10 Å². The Morgan fingerprint density at radius 3 is 2.65 bits per heavy atom. The summed E-state index contributed by atoms with van der Waals surface area (Å²) in [7, 11) is 0. The van der Waals surface area contributed by atoms with Crippen molar-refractivity contribution in [1.82, 2.24) is 4.98 Å². The SMILES string of the molecule is C#Cc1cccc(-c2nc(CCOc3ccc(OC(C)C(=O)OCC)cc3)c(C)o2)c1. The van der Waals surface area contributed by atoms with Crippen molar-refractivity contribution < 1.29 is 23.4 Å². The van der Waals surface area contributed by atoms with Gasteiger partial charge < -0.3 is 18.6 Å². The molecule has 0 amide bonds. The van der Waals surface area contributed by atoms with Crippen molar-refractivity contribution in [3.05, 3.63) is 65.5 Å². The molecular formula is C25H25NO5. The number of rotatable bonds is 9. The number of nitrogens with zero attached hydrogens (tertiary/aromatic N) is 1. The van der Waals surface area contributed by atoms with Crippen LogP contribution in [0.4, 0.5) is 0 Å². The summed E-state index contributed by atoms with van der Waals surface area (Å²) in [4.78, 5) is 16.2. The van der Waals surface area contributed by atoms with Gasteiger partial charge >= 0.3 is 5.97 Å². The molecule has 6 heteroatoms. The molecule has 6 nitrogen and oxygen atoms in total. The molecule has 1 aromatic heterocycles. The van der Waals surface area contributed by atoms with E-state index >= 15 is 0 Å². The zero-order chi connectivity index (χ0) is 22.2. The summed E-state index contributed by atoms with van der Waals surface area (Å²) in [6.07, 6.45) is 5.40. The van der Waals surface area contributed by atoms with E-state index < -0.39 is 12.1 Å². The van der Waals surface area contributed by atoms with Gasteiger partial charge in [0, 0.05) is 17.5 Å². The maximum absolute atomic E-state index is 11.6. The summed E-state index contributed by atoms with van der Waals surface area (Å²) in [6.45, 7) is 6.06. The van der Waals surface area contributed by atoms with E-state index in [2.05, 4.69) is 10.9 Å². The summed E-state index contributed by atoms with van der Waals surface area (Å²) < 4.78 is 22.1. The second kappa shape index (κ2) is 10.4. The molecule has 0 aliphatic rings. The van der Waals surface area contributed by atoms with Crippen LogP contribution in [0.5, 0.6) is 11.5 Å². The van der Waals surface area contributed by atoms with Gasteiger partial charge in [-0.3, -0.25) is 0 Å². The zero-order valence-corrected chi connectivity index (χ0v) is 17.9. The lowest BCUT2D eigenvalue weighted by molar-refractivity contribution is -0.150. The second-order valence-corrected chi connectivity index (χ2v) is 6.83. The predicted molar refractivity (Wildman–Crippen MR) is 117 cm³/mol. The number of aryl methyl sites for hydroxylation is 1. The van der Waals surface area contributed by atoms with Crippen LogP contribution in [0.25, 0.3) is 11.5 Å². The highest BCUT2D eigenvalue weighted by atomic mass is 16.6. The Labute approximate surface area is 182 Å². The Kier molecular flexibility index (Phi) is 7.34. The molecule has 1 heterocycles. The summed E-state index contributed by atoms with van der Waals surface area (Å²) in [5.41, 5.74) is 2.46. The van der Waals surface area contributed by atoms with Crippen LogP contribution in [-0.2, 0) is 16.0 Å². The third-order valence-corrected chi connectivity index (χ3v) is 4.53. The van der Waals surface area contributed by atoms with Crippen molar-refractivity contribution in [2.75, 3.05) is 13.2 Å². The fourth-order valence-corrected chi connectivity index (χ4v) is 2.92. The molecule has 3 aromatic rings. The number of benzene rings is 2. The first-order valence-electron chi connectivity index (χ1n) is 10.1. The molecular weight excluding hydrogens is 394 g/mol. The highest BCUT2D eigenvalue weighted by molar-refractivity contribution is 5.74. The third-order valence-electron chi connectivity index (χ3n) is 4.53. The number of carbonyl (C=O) groups is 1. The van der Waals surface area contributed by atoms with E-state index in [1.165, 1.54) is 0 Å². The molecule has 31 heavy (non-hydrogen) atoms. The highest BCUT2D eigenvalue weighted by Gasteiger charge is 2.16. The Morgan fingerprint density at radius 2 is 1.94 bits per heavy atom. The van der Waals surface area contributed by atoms with Gasteiger partial charge in [-0.2, -0.15) is 0 Å². The number of carbonyl (C=O) groups excluding carboxylic acids is 1. The maximum atomic E-state index is 11.6. The lowest BCUT2D eigenvalue weighted by atomic mass is 10.1. The molecule has 0 saturated heterocycles. The number of hydrogen-bond donors (Lipinski definition) is 0. The summed E-state index contributed by atoms with van der Waals surface area (Å²) in [5.74, 6) is 4.78. The van der Waals surface area contributed by atoms with Gasteiger partial charge in [0.05, 0.1) is 18.9 Å². The zero-order valence-electron chi connectivity index (χ0n) is 17.9. The van der Waals surface area contributed by atoms with Gasteiger partial charge in [-0.15, -0.1) is 6.42 Å². The highest BCUT2D eigenvalue weighted by Crippen LogP contribution is 2.23. The monoisotopic (exact) mass is 419 g/mol. The largest absolute Gasteiger partial charge is 0.493 e. The standard InChI is InChI=1S/C25H25NO5/c1-5-19-8-7-9-20(16-19)24-26-23(17(3)31-24)14-15-29-21-10-12-22(13-11-21)30-18(4)25(27)28-6-2/h1,7-13,16,18H,6,14-15H2,2-4H3. The van der Waals surface area contributed by atoms with Crippen LogP contribution in [-0.4, -0.2) is 30.3 Å². The smallest absolute Gasteiger partial charge is 0.347 e. The Bertz CT molecular complexity index is 1060. The normalized spacial score (nSPS) is 11.4. The maximum Gasteiger partial charge on any atom is 0.347 e. The van der Waals surface area contributed by atoms with Gasteiger partial charge in [0.25, 0.3) is 0 Å². The molecule has 1 atom stereocenters. The molecule has 3 rings (SSSR count). The van der Waals surface area contributed by atoms with Crippen molar-refractivity contribution in [3.8, 4) is 35.3 Å². The quantitative estimate of drug-likeness (QED) is 0.373. The topological polar surface area (TPSA) is 70.8 Å². The van der Waals surface area contributed by atoms with E-state index in [0.29, 0.717) is 37.0 Å². The van der Waals surface area contributed by atoms with E-state index in [1.807, 2.05) is 31.2 Å². The van der Waals surface area contributed by atoms with Crippen LogP contribution >= 0.6 is 0 Å². The summed E-state index contributed by atoms with van der Waals surface area (Å²) >= 11 is 0. The van der Waals surface area contributed by atoms with Crippen molar-refractivity contribution >= 4 is 5.97 Å². The average Bonchev–Trinajstić information content (AvgIpc) is 3.15. The van der Waals surface area contributed by atoms with Gasteiger partial charge in [0.2, 0.25) is 5.89 Å². The van der Waals surface area contributed by atoms with Gasteiger partial charge in [-0.05, 0) is 63.2 Å². The Balaban J connectivity index is 1.54. The third kappa shape index (κ3) is 5.89. The minimum absolute atomic E-state index is 0.323. The molecule has 1 unspecified atom stereocenters. The predicted octanol–water partition coefficient (Wildman–Crippen LogP) is 4.58. The van der Waals surface area contributed by atoms with Crippen molar-refractivity contribution in [2.45, 2.75) is 33.3 Å². The van der Waals surface area contributed by atoms with Crippen molar-refractivity contribution in [1.29, 1.82) is 0 Å². The fourth-order valence-electron chi connectivity index (χ4n) is 2.92. The van der Waals surface area contributed by atoms with Crippen LogP contribution in [0, 0.1) is 19.3 Å².